The Bertz CT molecular complexity index is 470. The van der Waals surface area contributed by atoms with Gasteiger partial charge in [-0.25, -0.2) is 4.98 Å². The van der Waals surface area contributed by atoms with Gasteiger partial charge in [-0.3, -0.25) is 9.59 Å². The Morgan fingerprint density at radius 2 is 2.37 bits per heavy atom. The van der Waals surface area contributed by atoms with Gasteiger partial charge in [-0.15, -0.1) is 0 Å². The number of pyridine rings is 1. The minimum atomic E-state index is -0.218. The molecule has 0 spiro atoms. The summed E-state index contributed by atoms with van der Waals surface area (Å²) in [5.74, 6) is -0.0359. The van der Waals surface area contributed by atoms with Crippen LogP contribution in [-0.2, 0) is 9.53 Å². The van der Waals surface area contributed by atoms with Crippen LogP contribution in [0.1, 0.15) is 30.1 Å². The van der Waals surface area contributed by atoms with Crippen molar-refractivity contribution in [1.29, 1.82) is 0 Å². The number of amides is 2. The molecule has 1 aliphatic rings. The van der Waals surface area contributed by atoms with Gasteiger partial charge in [0.05, 0.1) is 6.10 Å². The van der Waals surface area contributed by atoms with Gasteiger partial charge in [-0.05, 0) is 25.0 Å². The molecular formula is C13H17N3O3. The molecule has 1 aromatic heterocycles. The number of nitrogens with one attached hydrogen (secondary N) is 2. The molecule has 6 nitrogen and oxygen atoms in total. The number of carbonyl (C=O) groups excluding carboxylic acids is 2. The van der Waals surface area contributed by atoms with E-state index < -0.39 is 0 Å². The van der Waals surface area contributed by atoms with Crippen LogP contribution in [0.4, 0.5) is 5.82 Å². The standard InChI is InChI=1S/C13H17N3O3/c1-9(17)16-12-7-10(4-5-14-12)13(18)15-8-11-3-2-6-19-11/h4-5,7,11H,2-3,6,8H2,1H3,(H,15,18)(H,14,16,17). The lowest BCUT2D eigenvalue weighted by Crippen LogP contribution is -2.31. The van der Waals surface area contributed by atoms with Crippen molar-refractivity contribution >= 4 is 17.6 Å². The van der Waals surface area contributed by atoms with Crippen LogP contribution in [0.25, 0.3) is 0 Å². The largest absolute Gasteiger partial charge is 0.376 e. The number of ether oxygens (including phenoxy) is 1. The minimum Gasteiger partial charge on any atom is -0.376 e. The summed E-state index contributed by atoms with van der Waals surface area (Å²) in [6.45, 7) is 2.67. The van der Waals surface area contributed by atoms with E-state index in [0.717, 1.165) is 19.4 Å². The lowest BCUT2D eigenvalue weighted by molar-refractivity contribution is -0.114. The van der Waals surface area contributed by atoms with E-state index >= 15 is 0 Å². The summed E-state index contributed by atoms with van der Waals surface area (Å²) in [6.07, 6.45) is 3.63. The molecule has 2 rings (SSSR count). The Morgan fingerprint density at radius 3 is 3.05 bits per heavy atom. The molecule has 0 aliphatic carbocycles. The van der Waals surface area contributed by atoms with Gasteiger partial charge in [0.1, 0.15) is 5.82 Å². The molecule has 1 aliphatic heterocycles. The first-order valence-corrected chi connectivity index (χ1v) is 6.28. The summed E-state index contributed by atoms with van der Waals surface area (Å²) in [4.78, 5) is 26.8. The van der Waals surface area contributed by atoms with Crippen LogP contribution in [0.3, 0.4) is 0 Å². The van der Waals surface area contributed by atoms with Gasteiger partial charge in [-0.2, -0.15) is 0 Å². The number of anilines is 1. The summed E-state index contributed by atoms with van der Waals surface area (Å²) >= 11 is 0. The van der Waals surface area contributed by atoms with E-state index in [1.807, 2.05) is 0 Å². The van der Waals surface area contributed by atoms with Crippen LogP contribution < -0.4 is 10.6 Å². The van der Waals surface area contributed by atoms with Crippen LogP contribution in [0.2, 0.25) is 0 Å². The fourth-order valence-electron chi connectivity index (χ4n) is 1.93. The fourth-order valence-corrected chi connectivity index (χ4v) is 1.93. The van der Waals surface area contributed by atoms with E-state index in [-0.39, 0.29) is 17.9 Å². The zero-order valence-corrected chi connectivity index (χ0v) is 10.8. The van der Waals surface area contributed by atoms with E-state index in [0.29, 0.717) is 17.9 Å². The fraction of sp³-hybridized carbons (Fsp3) is 0.462. The molecule has 19 heavy (non-hydrogen) atoms. The van der Waals surface area contributed by atoms with E-state index in [4.69, 9.17) is 4.74 Å². The van der Waals surface area contributed by atoms with Gasteiger partial charge in [0.25, 0.3) is 5.91 Å². The Kier molecular flexibility index (Phi) is 4.46. The van der Waals surface area contributed by atoms with Crippen LogP contribution >= 0.6 is 0 Å². The van der Waals surface area contributed by atoms with Gasteiger partial charge in [-0.1, -0.05) is 0 Å². The first-order chi connectivity index (χ1) is 9.15. The third-order valence-corrected chi connectivity index (χ3v) is 2.84. The third kappa shape index (κ3) is 4.03. The van der Waals surface area contributed by atoms with Crippen LogP contribution in [0.5, 0.6) is 0 Å². The van der Waals surface area contributed by atoms with Crippen molar-refractivity contribution in [3.63, 3.8) is 0 Å². The monoisotopic (exact) mass is 263 g/mol. The van der Waals surface area contributed by atoms with Crippen molar-refractivity contribution in [3.8, 4) is 0 Å². The molecule has 0 bridgehead atoms. The predicted molar refractivity (Wildman–Crippen MR) is 69.8 cm³/mol. The molecule has 1 aromatic rings. The second-order valence-corrected chi connectivity index (χ2v) is 4.46. The number of aromatic nitrogens is 1. The predicted octanol–water partition coefficient (Wildman–Crippen LogP) is 0.949. The minimum absolute atomic E-state index is 0.112. The number of carbonyl (C=O) groups is 2. The number of hydrogen-bond acceptors (Lipinski definition) is 4. The summed E-state index contributed by atoms with van der Waals surface area (Å²) in [7, 11) is 0. The number of rotatable bonds is 4. The van der Waals surface area contributed by atoms with Crippen molar-refractivity contribution in [2.24, 2.45) is 0 Å². The van der Waals surface area contributed by atoms with E-state index in [1.165, 1.54) is 13.1 Å². The average Bonchev–Trinajstić information content (AvgIpc) is 2.88. The van der Waals surface area contributed by atoms with E-state index in [9.17, 15) is 9.59 Å². The van der Waals surface area contributed by atoms with E-state index in [1.54, 1.807) is 12.1 Å². The highest BCUT2D eigenvalue weighted by Crippen LogP contribution is 2.11. The SMILES string of the molecule is CC(=O)Nc1cc(C(=O)NCC2CCCO2)ccn1. The first kappa shape index (κ1) is 13.5. The smallest absolute Gasteiger partial charge is 0.251 e. The van der Waals surface area contributed by atoms with Crippen molar-refractivity contribution in [1.82, 2.24) is 10.3 Å². The molecule has 0 saturated carbocycles. The molecule has 2 amide bonds. The second-order valence-electron chi connectivity index (χ2n) is 4.46. The highest BCUT2D eigenvalue weighted by molar-refractivity contribution is 5.96. The number of nitrogens with zero attached hydrogens (tertiary/aromatic N) is 1. The zero-order valence-electron chi connectivity index (χ0n) is 10.8. The van der Waals surface area contributed by atoms with Crippen molar-refractivity contribution in [2.45, 2.75) is 25.9 Å². The highest BCUT2D eigenvalue weighted by atomic mass is 16.5. The maximum atomic E-state index is 11.9. The Hall–Kier alpha value is -1.95. The lowest BCUT2D eigenvalue weighted by atomic mass is 10.2. The van der Waals surface area contributed by atoms with Gasteiger partial charge >= 0.3 is 0 Å². The molecular weight excluding hydrogens is 246 g/mol. The lowest BCUT2D eigenvalue weighted by Gasteiger charge is -2.11. The molecule has 1 atom stereocenters. The Balaban J connectivity index is 1.92. The molecule has 1 fully saturated rings. The average molecular weight is 263 g/mol. The van der Waals surface area contributed by atoms with Crippen molar-refractivity contribution in [3.05, 3.63) is 23.9 Å². The van der Waals surface area contributed by atoms with Gasteiger partial charge < -0.3 is 15.4 Å². The van der Waals surface area contributed by atoms with E-state index in [2.05, 4.69) is 15.6 Å². The topological polar surface area (TPSA) is 80.3 Å². The summed E-state index contributed by atoms with van der Waals surface area (Å²) in [5, 5.41) is 5.36. The zero-order chi connectivity index (χ0) is 13.7. The second kappa shape index (κ2) is 6.29. The summed E-state index contributed by atoms with van der Waals surface area (Å²) in [6, 6.07) is 3.16. The number of hydrogen-bond donors (Lipinski definition) is 2. The quantitative estimate of drug-likeness (QED) is 0.847. The van der Waals surface area contributed by atoms with Gasteiger partial charge in [0.2, 0.25) is 5.91 Å². The molecule has 1 saturated heterocycles. The highest BCUT2D eigenvalue weighted by Gasteiger charge is 2.16. The molecule has 6 heteroatoms. The maximum Gasteiger partial charge on any atom is 0.251 e. The van der Waals surface area contributed by atoms with Crippen molar-refractivity contribution < 1.29 is 14.3 Å². The summed E-state index contributed by atoms with van der Waals surface area (Å²) in [5.41, 5.74) is 0.469. The van der Waals surface area contributed by atoms with Crippen LogP contribution in [0, 0.1) is 0 Å². The molecule has 1 unspecified atom stereocenters. The third-order valence-electron chi connectivity index (χ3n) is 2.84. The summed E-state index contributed by atoms with van der Waals surface area (Å²) < 4.78 is 5.43. The Morgan fingerprint density at radius 1 is 1.53 bits per heavy atom. The van der Waals surface area contributed by atoms with Crippen LogP contribution in [0.15, 0.2) is 18.3 Å². The maximum absolute atomic E-state index is 11.9. The first-order valence-electron chi connectivity index (χ1n) is 6.28. The molecule has 0 aromatic carbocycles. The Labute approximate surface area is 111 Å². The molecule has 2 heterocycles. The van der Waals surface area contributed by atoms with Gasteiger partial charge in [0, 0.05) is 31.8 Å². The molecule has 2 N–H and O–H groups in total. The van der Waals surface area contributed by atoms with Crippen molar-refractivity contribution in [2.75, 3.05) is 18.5 Å². The molecule has 0 radical (unpaired) electrons. The normalized spacial score (nSPS) is 18.1. The molecule has 102 valence electrons. The van der Waals surface area contributed by atoms with Crippen LogP contribution in [-0.4, -0.2) is 36.1 Å². The van der Waals surface area contributed by atoms with Gasteiger partial charge in [0.15, 0.2) is 0 Å².